The molecule has 0 bridgehead atoms. The molecule has 1 aliphatic rings. The Balaban J connectivity index is 1.84. The second-order valence-corrected chi connectivity index (χ2v) is 4.81. The first-order chi connectivity index (χ1) is 9.28. The minimum absolute atomic E-state index is 0.0268. The molecule has 0 spiro atoms. The molecule has 1 aliphatic carbocycles. The van der Waals surface area contributed by atoms with Crippen molar-refractivity contribution in [3.63, 3.8) is 0 Å². The number of aromatic nitrogens is 3. The van der Waals surface area contributed by atoms with Gasteiger partial charge in [-0.25, -0.2) is 0 Å². The lowest BCUT2D eigenvalue weighted by atomic mass is 10.4. The van der Waals surface area contributed by atoms with Crippen LogP contribution < -0.4 is 10.6 Å². The van der Waals surface area contributed by atoms with Crippen LogP contribution in [0.5, 0.6) is 0 Å². The largest absolute Gasteiger partial charge is 0.370 e. The number of carbonyl (C=O) groups excluding carboxylic acids is 1. The zero-order valence-corrected chi connectivity index (χ0v) is 10.9. The molecule has 2 N–H and O–H groups in total. The fourth-order valence-electron chi connectivity index (χ4n) is 1.90. The van der Waals surface area contributed by atoms with Crippen molar-refractivity contribution >= 4 is 23.3 Å². The molecule has 0 saturated heterocycles. The molecule has 2 aromatic heterocycles. The molecule has 1 fully saturated rings. The molecule has 0 atom stereocenters. The Labute approximate surface area is 111 Å². The van der Waals surface area contributed by atoms with E-state index < -0.39 is 0 Å². The van der Waals surface area contributed by atoms with Crippen LogP contribution in [-0.2, 0) is 4.79 Å². The number of rotatable bonds is 5. The number of nitrogens with zero attached hydrogens (tertiary/aromatic N) is 3. The first-order valence-electron chi connectivity index (χ1n) is 6.68. The fourth-order valence-corrected chi connectivity index (χ4v) is 1.90. The van der Waals surface area contributed by atoms with Crippen LogP contribution in [0.2, 0.25) is 0 Å². The summed E-state index contributed by atoms with van der Waals surface area (Å²) < 4.78 is 1.72. The lowest BCUT2D eigenvalue weighted by Gasteiger charge is -2.05. The van der Waals surface area contributed by atoms with E-state index in [-0.39, 0.29) is 11.8 Å². The molecule has 0 unspecified atom stereocenters. The van der Waals surface area contributed by atoms with E-state index in [2.05, 4.69) is 27.6 Å². The molecule has 0 radical (unpaired) electrons. The number of pyridine rings is 1. The molecule has 100 valence electrons. The third-order valence-electron chi connectivity index (χ3n) is 3.10. The zero-order valence-electron chi connectivity index (χ0n) is 10.9. The Morgan fingerprint density at radius 1 is 1.47 bits per heavy atom. The summed E-state index contributed by atoms with van der Waals surface area (Å²) >= 11 is 0. The first-order valence-corrected chi connectivity index (χ1v) is 6.68. The summed E-state index contributed by atoms with van der Waals surface area (Å²) in [6.07, 6.45) is 2.99. The smallest absolute Gasteiger partial charge is 0.249 e. The molecule has 2 aromatic rings. The van der Waals surface area contributed by atoms with Crippen LogP contribution in [0.15, 0.2) is 18.2 Å². The Morgan fingerprint density at radius 2 is 2.32 bits per heavy atom. The van der Waals surface area contributed by atoms with Crippen molar-refractivity contribution in [2.24, 2.45) is 5.92 Å². The molecule has 0 aromatic carbocycles. The average Bonchev–Trinajstić information content (AvgIpc) is 3.17. The maximum Gasteiger partial charge on any atom is 0.249 e. The predicted octanol–water partition coefficient (Wildman–Crippen LogP) is 1.90. The van der Waals surface area contributed by atoms with Gasteiger partial charge in [0, 0.05) is 12.5 Å². The van der Waals surface area contributed by atoms with Gasteiger partial charge in [-0.3, -0.25) is 10.1 Å². The molecule has 19 heavy (non-hydrogen) atoms. The fraction of sp³-hybridized carbons (Fsp3) is 0.462. The number of nitrogens with one attached hydrogen (secondary N) is 2. The molecule has 1 amide bonds. The molecule has 0 aliphatic heterocycles. The van der Waals surface area contributed by atoms with Crippen LogP contribution in [0.25, 0.3) is 5.65 Å². The first kappa shape index (κ1) is 12.0. The summed E-state index contributed by atoms with van der Waals surface area (Å²) in [5.74, 6) is 1.45. The number of anilines is 2. The maximum absolute atomic E-state index is 11.7. The van der Waals surface area contributed by atoms with Crippen LogP contribution in [0, 0.1) is 5.92 Å². The summed E-state index contributed by atoms with van der Waals surface area (Å²) in [6.45, 7) is 2.98. The normalized spacial score (nSPS) is 14.6. The van der Waals surface area contributed by atoms with E-state index in [1.54, 1.807) is 4.52 Å². The quantitative estimate of drug-likeness (QED) is 0.860. The number of hydrogen-bond donors (Lipinski definition) is 2. The number of hydrogen-bond acceptors (Lipinski definition) is 4. The SMILES string of the molecule is CCCNc1cccc2nc(NC(=O)C3CC3)nn12. The van der Waals surface area contributed by atoms with Crippen molar-refractivity contribution in [2.75, 3.05) is 17.2 Å². The zero-order chi connectivity index (χ0) is 13.2. The number of fused-ring (bicyclic) bond motifs is 1. The Morgan fingerprint density at radius 3 is 3.05 bits per heavy atom. The van der Waals surface area contributed by atoms with E-state index in [1.165, 1.54) is 0 Å². The van der Waals surface area contributed by atoms with Crippen LogP contribution in [0.4, 0.5) is 11.8 Å². The third kappa shape index (κ3) is 2.52. The van der Waals surface area contributed by atoms with E-state index in [0.717, 1.165) is 37.3 Å². The Bertz CT molecular complexity index is 602. The number of amides is 1. The van der Waals surface area contributed by atoms with Crippen molar-refractivity contribution in [1.29, 1.82) is 0 Å². The van der Waals surface area contributed by atoms with Gasteiger partial charge in [0.25, 0.3) is 0 Å². The minimum atomic E-state index is 0.0268. The summed E-state index contributed by atoms with van der Waals surface area (Å²) in [5.41, 5.74) is 0.729. The average molecular weight is 259 g/mol. The van der Waals surface area contributed by atoms with Gasteiger partial charge in [0.05, 0.1) is 0 Å². The molecular formula is C13H17N5O. The van der Waals surface area contributed by atoms with Gasteiger partial charge in [0.1, 0.15) is 5.82 Å². The van der Waals surface area contributed by atoms with Gasteiger partial charge in [0.15, 0.2) is 5.65 Å². The van der Waals surface area contributed by atoms with Crippen molar-refractivity contribution < 1.29 is 4.79 Å². The molecule has 1 saturated carbocycles. The Kier molecular flexibility index (Phi) is 3.06. The third-order valence-corrected chi connectivity index (χ3v) is 3.10. The second kappa shape index (κ2) is 4.87. The standard InChI is InChI=1S/C13H17N5O/c1-2-8-14-10-4-3-5-11-15-13(17-18(10)11)16-12(19)9-6-7-9/h3-5,9,14H,2,6-8H2,1H3,(H,16,17,19). The van der Waals surface area contributed by atoms with Gasteiger partial charge >= 0.3 is 0 Å². The van der Waals surface area contributed by atoms with E-state index >= 15 is 0 Å². The topological polar surface area (TPSA) is 71.3 Å². The molecular weight excluding hydrogens is 242 g/mol. The molecule has 6 heteroatoms. The molecule has 6 nitrogen and oxygen atoms in total. The summed E-state index contributed by atoms with van der Waals surface area (Å²) in [7, 11) is 0. The van der Waals surface area contributed by atoms with E-state index in [4.69, 9.17) is 0 Å². The van der Waals surface area contributed by atoms with Gasteiger partial charge in [0.2, 0.25) is 11.9 Å². The lowest BCUT2D eigenvalue weighted by molar-refractivity contribution is -0.117. The van der Waals surface area contributed by atoms with Crippen molar-refractivity contribution in [1.82, 2.24) is 14.6 Å². The highest BCUT2D eigenvalue weighted by Crippen LogP contribution is 2.29. The summed E-state index contributed by atoms with van der Waals surface area (Å²) in [5, 5.41) is 10.4. The van der Waals surface area contributed by atoms with Gasteiger partial charge in [-0.1, -0.05) is 13.0 Å². The highest BCUT2D eigenvalue weighted by Gasteiger charge is 2.30. The second-order valence-electron chi connectivity index (χ2n) is 4.81. The van der Waals surface area contributed by atoms with Crippen LogP contribution >= 0.6 is 0 Å². The van der Waals surface area contributed by atoms with Gasteiger partial charge in [-0.2, -0.15) is 9.50 Å². The minimum Gasteiger partial charge on any atom is -0.370 e. The van der Waals surface area contributed by atoms with Crippen molar-refractivity contribution in [2.45, 2.75) is 26.2 Å². The number of carbonyl (C=O) groups is 1. The monoisotopic (exact) mass is 259 g/mol. The highest BCUT2D eigenvalue weighted by atomic mass is 16.2. The summed E-state index contributed by atoms with van der Waals surface area (Å²) in [6, 6.07) is 5.75. The Hall–Kier alpha value is -2.11. The molecule has 3 rings (SSSR count). The summed E-state index contributed by atoms with van der Waals surface area (Å²) in [4.78, 5) is 16.0. The van der Waals surface area contributed by atoms with Crippen LogP contribution in [0.3, 0.4) is 0 Å². The van der Waals surface area contributed by atoms with Crippen LogP contribution in [-0.4, -0.2) is 27.0 Å². The van der Waals surface area contributed by atoms with Crippen LogP contribution in [0.1, 0.15) is 26.2 Å². The lowest BCUT2D eigenvalue weighted by Crippen LogP contribution is -2.14. The maximum atomic E-state index is 11.7. The molecule has 2 heterocycles. The van der Waals surface area contributed by atoms with Gasteiger partial charge < -0.3 is 5.32 Å². The highest BCUT2D eigenvalue weighted by molar-refractivity contribution is 5.92. The predicted molar refractivity (Wildman–Crippen MR) is 73.1 cm³/mol. The van der Waals surface area contributed by atoms with E-state index in [1.807, 2.05) is 18.2 Å². The van der Waals surface area contributed by atoms with Crippen molar-refractivity contribution in [3.05, 3.63) is 18.2 Å². The van der Waals surface area contributed by atoms with E-state index in [0.29, 0.717) is 5.95 Å². The van der Waals surface area contributed by atoms with Gasteiger partial charge in [-0.05, 0) is 31.4 Å². The van der Waals surface area contributed by atoms with E-state index in [9.17, 15) is 4.79 Å². The van der Waals surface area contributed by atoms with Crippen molar-refractivity contribution in [3.8, 4) is 0 Å². The van der Waals surface area contributed by atoms with Gasteiger partial charge in [-0.15, -0.1) is 5.10 Å².